The van der Waals surface area contributed by atoms with E-state index in [4.69, 9.17) is 4.74 Å². The smallest absolute Gasteiger partial charge is 0.162 e. The van der Waals surface area contributed by atoms with E-state index in [1.807, 2.05) is 5.38 Å². The van der Waals surface area contributed by atoms with E-state index in [9.17, 15) is 8.78 Å². The lowest BCUT2D eigenvalue weighted by Crippen LogP contribution is -2.15. The second kappa shape index (κ2) is 5.85. The van der Waals surface area contributed by atoms with Crippen molar-refractivity contribution >= 4 is 11.3 Å². The molecule has 3 rings (SSSR count). The fourth-order valence-corrected chi connectivity index (χ4v) is 2.47. The third kappa shape index (κ3) is 3.52. The van der Waals surface area contributed by atoms with Crippen LogP contribution < -0.4 is 10.1 Å². The molecule has 1 aliphatic carbocycles. The Labute approximate surface area is 119 Å². The van der Waals surface area contributed by atoms with Crippen LogP contribution in [0.1, 0.15) is 23.5 Å². The summed E-state index contributed by atoms with van der Waals surface area (Å²) in [4.78, 5) is 4.43. The van der Waals surface area contributed by atoms with Crippen LogP contribution in [0.25, 0.3) is 0 Å². The summed E-state index contributed by atoms with van der Waals surface area (Å²) in [5.41, 5.74) is 0.798. The molecule has 1 aromatic heterocycles. The average molecular weight is 296 g/mol. The summed E-state index contributed by atoms with van der Waals surface area (Å²) in [5, 5.41) is 6.32. The molecule has 0 saturated heterocycles. The molecular formula is C14H14F2N2OS. The Bertz CT molecular complexity index is 599. The molecule has 106 valence electrons. The molecule has 0 bridgehead atoms. The van der Waals surface area contributed by atoms with Gasteiger partial charge in [-0.25, -0.2) is 13.8 Å². The lowest BCUT2D eigenvalue weighted by Gasteiger charge is -2.04. The summed E-state index contributed by atoms with van der Waals surface area (Å²) >= 11 is 1.57. The SMILES string of the molecule is Fc1ccc(OCc2csc(CNC3CC3)n2)cc1F. The topological polar surface area (TPSA) is 34.1 Å². The van der Waals surface area contributed by atoms with Crippen molar-refractivity contribution in [3.8, 4) is 5.75 Å². The molecule has 0 radical (unpaired) electrons. The quantitative estimate of drug-likeness (QED) is 0.888. The highest BCUT2D eigenvalue weighted by Crippen LogP contribution is 2.21. The van der Waals surface area contributed by atoms with Crippen LogP contribution in [-0.4, -0.2) is 11.0 Å². The van der Waals surface area contributed by atoms with Gasteiger partial charge in [-0.15, -0.1) is 11.3 Å². The zero-order valence-electron chi connectivity index (χ0n) is 10.7. The van der Waals surface area contributed by atoms with Crippen molar-refractivity contribution < 1.29 is 13.5 Å². The van der Waals surface area contributed by atoms with Crippen LogP contribution in [0.2, 0.25) is 0 Å². The highest BCUT2D eigenvalue weighted by molar-refractivity contribution is 7.09. The van der Waals surface area contributed by atoms with Crippen LogP contribution >= 0.6 is 11.3 Å². The van der Waals surface area contributed by atoms with Gasteiger partial charge in [0.25, 0.3) is 0 Å². The molecule has 1 fully saturated rings. The minimum atomic E-state index is -0.907. The number of aromatic nitrogens is 1. The van der Waals surface area contributed by atoms with E-state index < -0.39 is 11.6 Å². The van der Waals surface area contributed by atoms with Gasteiger partial charge in [0.1, 0.15) is 17.4 Å². The molecule has 0 atom stereocenters. The molecule has 1 aliphatic rings. The van der Waals surface area contributed by atoms with Gasteiger partial charge in [-0.1, -0.05) is 0 Å². The number of nitrogens with zero attached hydrogens (tertiary/aromatic N) is 1. The summed E-state index contributed by atoms with van der Waals surface area (Å²) in [7, 11) is 0. The highest BCUT2D eigenvalue weighted by Gasteiger charge is 2.20. The van der Waals surface area contributed by atoms with E-state index in [-0.39, 0.29) is 6.61 Å². The van der Waals surface area contributed by atoms with Gasteiger partial charge in [-0.2, -0.15) is 0 Å². The van der Waals surface area contributed by atoms with Crippen molar-refractivity contribution in [2.75, 3.05) is 0 Å². The number of hydrogen-bond donors (Lipinski definition) is 1. The Morgan fingerprint density at radius 2 is 2.15 bits per heavy atom. The number of ether oxygens (including phenoxy) is 1. The van der Waals surface area contributed by atoms with Crippen molar-refractivity contribution in [2.24, 2.45) is 0 Å². The second-order valence-corrected chi connectivity index (χ2v) is 5.70. The Balaban J connectivity index is 1.53. The summed E-state index contributed by atoms with van der Waals surface area (Å²) in [6.07, 6.45) is 2.49. The molecule has 2 aromatic rings. The van der Waals surface area contributed by atoms with Gasteiger partial charge in [0.2, 0.25) is 0 Å². The molecule has 1 saturated carbocycles. The second-order valence-electron chi connectivity index (χ2n) is 4.75. The monoisotopic (exact) mass is 296 g/mol. The number of halogens is 2. The number of hydrogen-bond acceptors (Lipinski definition) is 4. The van der Waals surface area contributed by atoms with Crippen LogP contribution in [0.3, 0.4) is 0 Å². The molecule has 0 aliphatic heterocycles. The lowest BCUT2D eigenvalue weighted by molar-refractivity contribution is 0.299. The first-order valence-corrected chi connectivity index (χ1v) is 7.33. The van der Waals surface area contributed by atoms with Crippen LogP contribution in [0.15, 0.2) is 23.6 Å². The highest BCUT2D eigenvalue weighted by atomic mass is 32.1. The fraction of sp³-hybridized carbons (Fsp3) is 0.357. The molecular weight excluding hydrogens is 282 g/mol. The molecule has 3 nitrogen and oxygen atoms in total. The van der Waals surface area contributed by atoms with Crippen LogP contribution in [0.4, 0.5) is 8.78 Å². The fourth-order valence-electron chi connectivity index (χ4n) is 1.74. The Morgan fingerprint density at radius 1 is 1.30 bits per heavy atom. The van der Waals surface area contributed by atoms with Crippen molar-refractivity contribution in [3.05, 3.63) is 45.9 Å². The molecule has 20 heavy (non-hydrogen) atoms. The minimum absolute atomic E-state index is 0.255. The predicted molar refractivity (Wildman–Crippen MR) is 72.7 cm³/mol. The molecule has 0 spiro atoms. The van der Waals surface area contributed by atoms with Crippen LogP contribution in [0.5, 0.6) is 5.75 Å². The first-order valence-electron chi connectivity index (χ1n) is 6.45. The van der Waals surface area contributed by atoms with E-state index in [0.717, 1.165) is 29.4 Å². The molecule has 0 amide bonds. The van der Waals surface area contributed by atoms with Crippen LogP contribution in [-0.2, 0) is 13.2 Å². The molecule has 1 N–H and O–H groups in total. The van der Waals surface area contributed by atoms with Crippen molar-refractivity contribution in [2.45, 2.75) is 32.0 Å². The Morgan fingerprint density at radius 3 is 2.90 bits per heavy atom. The zero-order chi connectivity index (χ0) is 13.9. The first kappa shape index (κ1) is 13.5. The number of thiazole rings is 1. The van der Waals surface area contributed by atoms with Gasteiger partial charge >= 0.3 is 0 Å². The van der Waals surface area contributed by atoms with Crippen LogP contribution in [0, 0.1) is 11.6 Å². The standard InChI is InChI=1S/C14H14F2N2OS/c15-12-4-3-11(5-13(12)16)19-7-10-8-20-14(18-10)6-17-9-1-2-9/h3-5,8-9,17H,1-2,6-7H2. The number of rotatable bonds is 6. The Hall–Kier alpha value is -1.53. The average Bonchev–Trinajstić information content (AvgIpc) is 3.16. The molecule has 6 heteroatoms. The Kier molecular flexibility index (Phi) is 3.93. The summed E-state index contributed by atoms with van der Waals surface area (Å²) in [5.74, 6) is -1.48. The van der Waals surface area contributed by atoms with E-state index in [1.165, 1.54) is 18.9 Å². The van der Waals surface area contributed by atoms with E-state index in [0.29, 0.717) is 11.8 Å². The van der Waals surface area contributed by atoms with Crippen molar-refractivity contribution in [1.82, 2.24) is 10.3 Å². The van der Waals surface area contributed by atoms with E-state index >= 15 is 0 Å². The van der Waals surface area contributed by atoms with E-state index in [2.05, 4.69) is 10.3 Å². The largest absolute Gasteiger partial charge is 0.487 e. The van der Waals surface area contributed by atoms with E-state index in [1.54, 1.807) is 11.3 Å². The molecule has 1 aromatic carbocycles. The molecule has 0 unspecified atom stereocenters. The summed E-state index contributed by atoms with van der Waals surface area (Å²) in [6, 6.07) is 4.15. The van der Waals surface area contributed by atoms with Gasteiger partial charge in [-0.3, -0.25) is 0 Å². The van der Waals surface area contributed by atoms with Gasteiger partial charge < -0.3 is 10.1 Å². The molecule has 1 heterocycles. The first-order chi connectivity index (χ1) is 9.70. The maximum atomic E-state index is 13.0. The van der Waals surface area contributed by atoms with Crippen molar-refractivity contribution in [1.29, 1.82) is 0 Å². The van der Waals surface area contributed by atoms with Gasteiger partial charge in [0, 0.05) is 24.0 Å². The lowest BCUT2D eigenvalue weighted by atomic mass is 10.3. The normalized spacial score (nSPS) is 14.5. The summed E-state index contributed by atoms with van der Waals surface area (Å²) < 4.78 is 31.2. The maximum absolute atomic E-state index is 13.0. The van der Waals surface area contributed by atoms with Crippen molar-refractivity contribution in [3.63, 3.8) is 0 Å². The zero-order valence-corrected chi connectivity index (χ0v) is 11.6. The number of benzene rings is 1. The third-order valence-electron chi connectivity index (χ3n) is 3.00. The predicted octanol–water partition coefficient (Wildman–Crippen LogP) is 3.25. The third-order valence-corrected chi connectivity index (χ3v) is 3.89. The van der Waals surface area contributed by atoms with Gasteiger partial charge in [0.05, 0.1) is 5.69 Å². The van der Waals surface area contributed by atoms with Gasteiger partial charge in [-0.05, 0) is 25.0 Å². The van der Waals surface area contributed by atoms with Gasteiger partial charge in [0.15, 0.2) is 11.6 Å². The summed E-state index contributed by atoms with van der Waals surface area (Å²) in [6.45, 7) is 1.03. The number of nitrogens with one attached hydrogen (secondary N) is 1. The maximum Gasteiger partial charge on any atom is 0.162 e. The minimum Gasteiger partial charge on any atom is -0.487 e.